The first-order valence-electron chi connectivity index (χ1n) is 10.9. The molecular formula is C27H27NO2. The summed E-state index contributed by atoms with van der Waals surface area (Å²) in [6.45, 7) is 6.01. The zero-order valence-corrected chi connectivity index (χ0v) is 17.8. The average molecular weight is 398 g/mol. The van der Waals surface area contributed by atoms with Gasteiger partial charge in [0.05, 0.1) is 11.5 Å². The summed E-state index contributed by atoms with van der Waals surface area (Å²) >= 11 is 0. The molecule has 152 valence electrons. The Morgan fingerprint density at radius 3 is 1.87 bits per heavy atom. The van der Waals surface area contributed by atoms with Gasteiger partial charge in [-0.1, -0.05) is 81.4 Å². The molecule has 0 saturated heterocycles. The van der Waals surface area contributed by atoms with Gasteiger partial charge in [-0.15, -0.1) is 0 Å². The molecule has 5 unspecified atom stereocenters. The molecule has 0 amide bonds. The summed E-state index contributed by atoms with van der Waals surface area (Å²) in [6, 6.07) is 22.3. The summed E-state index contributed by atoms with van der Waals surface area (Å²) in [5.74, 6) is -0.0589. The van der Waals surface area contributed by atoms with Crippen LogP contribution in [0.5, 0.6) is 0 Å². The Morgan fingerprint density at radius 1 is 0.867 bits per heavy atom. The number of Topliss-reactive ketones (excluding diaryl/α,β-unsaturated/α-hetero) is 2. The van der Waals surface area contributed by atoms with Crippen molar-refractivity contribution in [2.45, 2.75) is 39.0 Å². The molecule has 2 aromatic rings. The molecule has 3 aliphatic rings. The van der Waals surface area contributed by atoms with E-state index < -0.39 is 16.2 Å². The Kier molecular flexibility index (Phi) is 3.94. The van der Waals surface area contributed by atoms with Gasteiger partial charge >= 0.3 is 0 Å². The second-order valence-electron chi connectivity index (χ2n) is 10.3. The third kappa shape index (κ3) is 2.00. The molecule has 0 bridgehead atoms. The molecule has 3 heteroatoms. The topological polar surface area (TPSA) is 57.9 Å². The quantitative estimate of drug-likeness (QED) is 0.720. The van der Waals surface area contributed by atoms with Gasteiger partial charge in [0, 0.05) is 11.8 Å². The normalized spacial score (nSPS) is 34.1. The average Bonchev–Trinajstić information content (AvgIpc) is 2.74. The lowest BCUT2D eigenvalue weighted by Gasteiger charge is -2.68. The number of hydrogen-bond acceptors (Lipinski definition) is 3. The van der Waals surface area contributed by atoms with E-state index in [2.05, 4.69) is 6.07 Å². The molecule has 5 rings (SSSR count). The SMILES string of the molecule is CC(C)(C)C1(C#N)C(=O)C2C3C(CCC21)C(=O)C3(c1ccccc1)c1ccccc1. The minimum Gasteiger partial charge on any atom is -0.298 e. The van der Waals surface area contributed by atoms with Gasteiger partial charge in [-0.2, -0.15) is 5.26 Å². The number of carbonyl (C=O) groups is 2. The van der Waals surface area contributed by atoms with E-state index >= 15 is 0 Å². The van der Waals surface area contributed by atoms with E-state index in [1.165, 1.54) is 0 Å². The second kappa shape index (κ2) is 6.14. The minimum atomic E-state index is -0.944. The standard InChI is InChI=1S/C27H27NO2/c1-25(2,3)26(16-28)20-15-14-19-22(21(20)24(26)30)27(23(19)29,17-10-6-4-7-11-17)18-12-8-5-9-13-18/h4-13,19-22H,14-15H2,1-3H3. The predicted octanol–water partition coefficient (Wildman–Crippen LogP) is 4.95. The van der Waals surface area contributed by atoms with E-state index in [-0.39, 0.29) is 35.2 Å². The molecule has 0 N–H and O–H groups in total. The number of nitriles is 1. The van der Waals surface area contributed by atoms with E-state index in [0.717, 1.165) is 24.0 Å². The lowest BCUT2D eigenvalue weighted by molar-refractivity contribution is -0.194. The first-order valence-corrected chi connectivity index (χ1v) is 10.9. The van der Waals surface area contributed by atoms with Crippen LogP contribution >= 0.6 is 0 Å². The van der Waals surface area contributed by atoms with E-state index in [9.17, 15) is 14.9 Å². The number of nitrogens with zero attached hydrogens (tertiary/aromatic N) is 1. The monoisotopic (exact) mass is 397 g/mol. The first-order chi connectivity index (χ1) is 14.3. The van der Waals surface area contributed by atoms with E-state index in [4.69, 9.17) is 0 Å². The lowest BCUT2D eigenvalue weighted by Crippen LogP contribution is -2.75. The highest BCUT2D eigenvalue weighted by Crippen LogP contribution is 2.71. The van der Waals surface area contributed by atoms with Crippen molar-refractivity contribution < 1.29 is 9.59 Å². The zero-order valence-electron chi connectivity index (χ0n) is 17.8. The molecule has 0 aromatic heterocycles. The first kappa shape index (κ1) is 19.2. The molecule has 0 heterocycles. The van der Waals surface area contributed by atoms with Crippen LogP contribution in [0.1, 0.15) is 44.7 Å². The smallest absolute Gasteiger partial charge is 0.157 e. The third-order valence-corrected chi connectivity index (χ3v) is 8.33. The maximum absolute atomic E-state index is 13.8. The zero-order chi connectivity index (χ0) is 21.3. The minimum absolute atomic E-state index is 0.0242. The molecule has 2 aromatic carbocycles. The summed E-state index contributed by atoms with van der Waals surface area (Å²) in [5, 5.41) is 10.1. The number of ketones is 2. The van der Waals surface area contributed by atoms with Gasteiger partial charge in [-0.05, 0) is 41.2 Å². The van der Waals surface area contributed by atoms with Crippen LogP contribution in [0.25, 0.3) is 0 Å². The highest BCUT2D eigenvalue weighted by molar-refractivity contribution is 6.07. The summed E-state index contributed by atoms with van der Waals surface area (Å²) in [6.07, 6.45) is 1.56. The fraction of sp³-hybridized carbons (Fsp3) is 0.444. The maximum Gasteiger partial charge on any atom is 0.157 e. The fourth-order valence-electron chi connectivity index (χ4n) is 7.10. The summed E-state index contributed by atoms with van der Waals surface area (Å²) in [7, 11) is 0. The van der Waals surface area contributed by atoms with Gasteiger partial charge in [-0.25, -0.2) is 0 Å². The molecule has 5 atom stereocenters. The number of benzene rings is 2. The van der Waals surface area contributed by atoms with Crippen molar-refractivity contribution in [3.63, 3.8) is 0 Å². The molecule has 3 fully saturated rings. The maximum atomic E-state index is 13.8. The van der Waals surface area contributed by atoms with Crippen molar-refractivity contribution in [1.82, 2.24) is 0 Å². The van der Waals surface area contributed by atoms with Gasteiger partial charge in [-0.3, -0.25) is 9.59 Å². The van der Waals surface area contributed by atoms with Crippen molar-refractivity contribution >= 4 is 11.6 Å². The highest BCUT2D eigenvalue weighted by Gasteiger charge is 2.78. The summed E-state index contributed by atoms with van der Waals surface area (Å²) in [5.41, 5.74) is -0.198. The molecule has 3 saturated carbocycles. The predicted molar refractivity (Wildman–Crippen MR) is 114 cm³/mol. The molecule has 30 heavy (non-hydrogen) atoms. The Labute approximate surface area is 178 Å². The molecule has 0 spiro atoms. The van der Waals surface area contributed by atoms with Crippen LogP contribution in [-0.4, -0.2) is 11.6 Å². The van der Waals surface area contributed by atoms with Crippen molar-refractivity contribution in [3.8, 4) is 6.07 Å². The fourth-order valence-corrected chi connectivity index (χ4v) is 7.10. The molecule has 3 nitrogen and oxygen atoms in total. The second-order valence-corrected chi connectivity index (χ2v) is 10.3. The number of hydrogen-bond donors (Lipinski definition) is 0. The number of carbonyl (C=O) groups excluding carboxylic acids is 2. The molecular weight excluding hydrogens is 370 g/mol. The highest BCUT2D eigenvalue weighted by atomic mass is 16.1. The van der Waals surface area contributed by atoms with Crippen LogP contribution in [0.3, 0.4) is 0 Å². The lowest BCUT2D eigenvalue weighted by atomic mass is 9.31. The Bertz CT molecular complexity index is 1020. The van der Waals surface area contributed by atoms with Crippen LogP contribution in [0.2, 0.25) is 0 Å². The molecule has 0 aliphatic heterocycles. The van der Waals surface area contributed by atoms with Gasteiger partial charge in [0.25, 0.3) is 0 Å². The Balaban J connectivity index is 1.68. The van der Waals surface area contributed by atoms with Crippen molar-refractivity contribution in [3.05, 3.63) is 71.8 Å². The Morgan fingerprint density at radius 2 is 1.40 bits per heavy atom. The van der Waals surface area contributed by atoms with Crippen molar-refractivity contribution in [2.24, 2.45) is 34.5 Å². The van der Waals surface area contributed by atoms with Crippen LogP contribution in [-0.2, 0) is 15.0 Å². The Hall–Kier alpha value is -2.73. The number of rotatable bonds is 2. The van der Waals surface area contributed by atoms with Gasteiger partial charge < -0.3 is 0 Å². The van der Waals surface area contributed by atoms with E-state index in [0.29, 0.717) is 0 Å². The van der Waals surface area contributed by atoms with Crippen LogP contribution < -0.4 is 0 Å². The van der Waals surface area contributed by atoms with Gasteiger partial charge in [0.1, 0.15) is 5.41 Å². The van der Waals surface area contributed by atoms with Crippen molar-refractivity contribution in [2.75, 3.05) is 0 Å². The number of fused-ring (bicyclic) bond motifs is 3. The third-order valence-electron chi connectivity index (χ3n) is 8.33. The van der Waals surface area contributed by atoms with Gasteiger partial charge in [0.2, 0.25) is 0 Å². The van der Waals surface area contributed by atoms with E-state index in [1.807, 2.05) is 81.4 Å². The molecule has 0 radical (unpaired) electrons. The largest absolute Gasteiger partial charge is 0.298 e. The van der Waals surface area contributed by atoms with E-state index in [1.54, 1.807) is 0 Å². The van der Waals surface area contributed by atoms with Crippen molar-refractivity contribution in [1.29, 1.82) is 5.26 Å². The van der Waals surface area contributed by atoms with Gasteiger partial charge in [0.15, 0.2) is 11.6 Å². The van der Waals surface area contributed by atoms with Crippen LogP contribution in [0, 0.1) is 45.8 Å². The summed E-state index contributed by atoms with van der Waals surface area (Å²) < 4.78 is 0. The van der Waals surface area contributed by atoms with Crippen LogP contribution in [0.4, 0.5) is 0 Å². The van der Waals surface area contributed by atoms with Crippen LogP contribution in [0.15, 0.2) is 60.7 Å². The molecule has 3 aliphatic carbocycles. The summed E-state index contributed by atoms with van der Waals surface area (Å²) in [4.78, 5) is 27.5.